The minimum absolute atomic E-state index is 0.0834. The van der Waals surface area contributed by atoms with E-state index in [1.807, 2.05) is 13.8 Å². The lowest BCUT2D eigenvalue weighted by molar-refractivity contribution is -0.126. The zero-order valence-corrected chi connectivity index (χ0v) is 11.7. The maximum Gasteiger partial charge on any atom is 0.227 e. The quantitative estimate of drug-likeness (QED) is 0.917. The van der Waals surface area contributed by atoms with Crippen LogP contribution >= 0.6 is 0 Å². The summed E-state index contributed by atoms with van der Waals surface area (Å²) in [5, 5.41) is 2.87. The number of anilines is 1. The summed E-state index contributed by atoms with van der Waals surface area (Å²) in [5.41, 5.74) is 0.247. The Bertz CT molecular complexity index is 518. The third-order valence-corrected chi connectivity index (χ3v) is 3.64. The maximum absolute atomic E-state index is 13.7. The molecular formula is C15H19FN2O2. The van der Waals surface area contributed by atoms with Gasteiger partial charge in [-0.2, -0.15) is 0 Å². The molecule has 1 fully saturated rings. The molecule has 0 unspecified atom stereocenters. The van der Waals surface area contributed by atoms with Crippen molar-refractivity contribution in [3.05, 3.63) is 30.1 Å². The van der Waals surface area contributed by atoms with Crippen LogP contribution in [-0.4, -0.2) is 24.4 Å². The third kappa shape index (κ3) is 2.98. The molecule has 108 valence electrons. The molecule has 1 heterocycles. The molecule has 0 radical (unpaired) electrons. The molecule has 1 aromatic rings. The number of nitrogens with zero attached hydrogens (tertiary/aromatic N) is 1. The van der Waals surface area contributed by atoms with Crippen LogP contribution in [0.4, 0.5) is 10.1 Å². The highest BCUT2D eigenvalue weighted by molar-refractivity contribution is 6.00. The van der Waals surface area contributed by atoms with Crippen molar-refractivity contribution < 1.29 is 14.0 Å². The van der Waals surface area contributed by atoms with Gasteiger partial charge in [-0.25, -0.2) is 4.39 Å². The summed E-state index contributed by atoms with van der Waals surface area (Å²) in [6, 6.07) is 6.21. The van der Waals surface area contributed by atoms with E-state index >= 15 is 0 Å². The van der Waals surface area contributed by atoms with E-state index in [2.05, 4.69) is 5.32 Å². The summed E-state index contributed by atoms with van der Waals surface area (Å²) < 4.78 is 13.7. The molecule has 1 saturated heterocycles. The zero-order chi connectivity index (χ0) is 14.7. The highest BCUT2D eigenvalue weighted by atomic mass is 19.1. The van der Waals surface area contributed by atoms with E-state index in [9.17, 15) is 14.0 Å². The molecule has 1 aliphatic heterocycles. The summed E-state index contributed by atoms with van der Waals surface area (Å²) in [7, 11) is 0. The molecule has 4 nitrogen and oxygen atoms in total. The lowest BCUT2D eigenvalue weighted by Crippen LogP contribution is -2.38. The number of rotatable bonds is 4. The molecule has 0 aliphatic carbocycles. The molecule has 0 saturated carbocycles. The molecule has 0 spiro atoms. The Morgan fingerprint density at radius 3 is 2.85 bits per heavy atom. The van der Waals surface area contributed by atoms with Crippen molar-refractivity contribution in [2.75, 3.05) is 11.4 Å². The first-order valence-corrected chi connectivity index (χ1v) is 6.88. The monoisotopic (exact) mass is 278 g/mol. The molecule has 0 bridgehead atoms. The van der Waals surface area contributed by atoms with Crippen LogP contribution in [0.3, 0.4) is 0 Å². The standard InChI is InChI=1S/C15H19FN2O2/c1-3-10(2)17-15(20)11-8-14(19)18(9-11)13-7-5-4-6-12(13)16/h4-7,10-11H,3,8-9H2,1-2H3,(H,17,20)/t10-,11-/m1/s1. The van der Waals surface area contributed by atoms with Crippen LogP contribution < -0.4 is 10.2 Å². The van der Waals surface area contributed by atoms with Gasteiger partial charge < -0.3 is 10.2 Å². The summed E-state index contributed by atoms with van der Waals surface area (Å²) in [6.07, 6.45) is 0.972. The number of halogens is 1. The van der Waals surface area contributed by atoms with Crippen LogP contribution in [0.15, 0.2) is 24.3 Å². The van der Waals surface area contributed by atoms with Gasteiger partial charge in [-0.3, -0.25) is 9.59 Å². The molecule has 2 atom stereocenters. The lowest BCUT2D eigenvalue weighted by Gasteiger charge is -2.18. The SMILES string of the molecule is CC[C@@H](C)NC(=O)[C@@H]1CC(=O)N(c2ccccc2F)C1. The minimum Gasteiger partial charge on any atom is -0.353 e. The predicted octanol–water partition coefficient (Wildman–Crippen LogP) is 2.09. The van der Waals surface area contributed by atoms with Gasteiger partial charge >= 0.3 is 0 Å². The third-order valence-electron chi connectivity index (χ3n) is 3.64. The number of amides is 2. The highest BCUT2D eigenvalue weighted by Gasteiger charge is 2.36. The van der Waals surface area contributed by atoms with E-state index < -0.39 is 11.7 Å². The van der Waals surface area contributed by atoms with Crippen molar-refractivity contribution in [2.45, 2.75) is 32.7 Å². The van der Waals surface area contributed by atoms with Gasteiger partial charge in [0.2, 0.25) is 11.8 Å². The first-order valence-electron chi connectivity index (χ1n) is 6.88. The number of para-hydroxylation sites is 1. The first kappa shape index (κ1) is 14.5. The Balaban J connectivity index is 2.08. The summed E-state index contributed by atoms with van der Waals surface area (Å²) in [6.45, 7) is 4.14. The van der Waals surface area contributed by atoms with Crippen molar-refractivity contribution in [1.29, 1.82) is 0 Å². The average molecular weight is 278 g/mol. The van der Waals surface area contributed by atoms with Crippen molar-refractivity contribution in [2.24, 2.45) is 5.92 Å². The van der Waals surface area contributed by atoms with E-state index in [1.54, 1.807) is 18.2 Å². The maximum atomic E-state index is 13.7. The first-order chi connectivity index (χ1) is 9.52. The summed E-state index contributed by atoms with van der Waals surface area (Å²) >= 11 is 0. The number of carbonyl (C=O) groups excluding carboxylic acids is 2. The van der Waals surface area contributed by atoms with Gasteiger partial charge in [0, 0.05) is 19.0 Å². The van der Waals surface area contributed by atoms with E-state index in [0.717, 1.165) is 6.42 Å². The molecule has 0 aromatic heterocycles. The van der Waals surface area contributed by atoms with Crippen LogP contribution in [0, 0.1) is 11.7 Å². The smallest absolute Gasteiger partial charge is 0.227 e. The molecule has 1 aromatic carbocycles. The number of hydrogen-bond acceptors (Lipinski definition) is 2. The number of carbonyl (C=O) groups is 2. The Hall–Kier alpha value is -1.91. The Morgan fingerprint density at radius 1 is 1.50 bits per heavy atom. The van der Waals surface area contributed by atoms with Crippen molar-refractivity contribution in [3.8, 4) is 0 Å². The fourth-order valence-corrected chi connectivity index (χ4v) is 2.25. The van der Waals surface area contributed by atoms with Gasteiger partial charge in [-0.15, -0.1) is 0 Å². The van der Waals surface area contributed by atoms with E-state index in [1.165, 1.54) is 11.0 Å². The van der Waals surface area contributed by atoms with Crippen LogP contribution in [0.5, 0.6) is 0 Å². The van der Waals surface area contributed by atoms with Gasteiger partial charge in [0.25, 0.3) is 0 Å². The largest absolute Gasteiger partial charge is 0.353 e. The molecular weight excluding hydrogens is 259 g/mol. The van der Waals surface area contributed by atoms with E-state index in [0.29, 0.717) is 0 Å². The molecule has 1 aliphatic rings. The lowest BCUT2D eigenvalue weighted by atomic mass is 10.1. The summed E-state index contributed by atoms with van der Waals surface area (Å²) in [5.74, 6) is -1.19. The predicted molar refractivity (Wildman–Crippen MR) is 74.8 cm³/mol. The Morgan fingerprint density at radius 2 is 2.20 bits per heavy atom. The Labute approximate surface area is 118 Å². The fraction of sp³-hybridized carbons (Fsp3) is 0.467. The van der Waals surface area contributed by atoms with E-state index in [-0.39, 0.29) is 36.5 Å². The summed E-state index contributed by atoms with van der Waals surface area (Å²) in [4.78, 5) is 25.4. The molecule has 2 rings (SSSR count). The fourth-order valence-electron chi connectivity index (χ4n) is 2.25. The second-order valence-electron chi connectivity index (χ2n) is 5.17. The second-order valence-corrected chi connectivity index (χ2v) is 5.17. The van der Waals surface area contributed by atoms with Gasteiger partial charge in [-0.1, -0.05) is 19.1 Å². The van der Waals surface area contributed by atoms with Crippen LogP contribution in [0.25, 0.3) is 0 Å². The van der Waals surface area contributed by atoms with Gasteiger partial charge in [0.1, 0.15) is 5.82 Å². The molecule has 5 heteroatoms. The number of benzene rings is 1. The van der Waals surface area contributed by atoms with Crippen LogP contribution in [-0.2, 0) is 9.59 Å². The van der Waals surface area contributed by atoms with Gasteiger partial charge in [-0.05, 0) is 25.5 Å². The molecule has 20 heavy (non-hydrogen) atoms. The zero-order valence-electron chi connectivity index (χ0n) is 11.7. The van der Waals surface area contributed by atoms with Crippen LogP contribution in [0.1, 0.15) is 26.7 Å². The number of nitrogens with one attached hydrogen (secondary N) is 1. The number of hydrogen-bond donors (Lipinski definition) is 1. The second kappa shape index (κ2) is 6.03. The topological polar surface area (TPSA) is 49.4 Å². The van der Waals surface area contributed by atoms with Gasteiger partial charge in [0.05, 0.1) is 11.6 Å². The van der Waals surface area contributed by atoms with Crippen LogP contribution in [0.2, 0.25) is 0 Å². The molecule has 2 amide bonds. The highest BCUT2D eigenvalue weighted by Crippen LogP contribution is 2.27. The van der Waals surface area contributed by atoms with Gasteiger partial charge in [0.15, 0.2) is 0 Å². The van der Waals surface area contributed by atoms with Crippen molar-refractivity contribution >= 4 is 17.5 Å². The normalized spacial score (nSPS) is 20.1. The van der Waals surface area contributed by atoms with Crippen molar-refractivity contribution in [3.63, 3.8) is 0 Å². The van der Waals surface area contributed by atoms with E-state index in [4.69, 9.17) is 0 Å². The van der Waals surface area contributed by atoms with Crippen molar-refractivity contribution in [1.82, 2.24) is 5.32 Å². The minimum atomic E-state index is -0.441. The molecule has 1 N–H and O–H groups in total. The average Bonchev–Trinajstić information content (AvgIpc) is 2.81. The Kier molecular flexibility index (Phi) is 4.37.